The van der Waals surface area contributed by atoms with Gasteiger partial charge in [-0.1, -0.05) is 53.8 Å². The molecule has 0 saturated carbocycles. The van der Waals surface area contributed by atoms with Crippen LogP contribution in [0.25, 0.3) is 0 Å². The van der Waals surface area contributed by atoms with Crippen molar-refractivity contribution in [3.63, 3.8) is 0 Å². The van der Waals surface area contributed by atoms with Crippen LogP contribution in [0, 0.1) is 0 Å². The van der Waals surface area contributed by atoms with Crippen molar-refractivity contribution < 1.29 is 21.6 Å². The van der Waals surface area contributed by atoms with Gasteiger partial charge in [-0.15, -0.1) is 10.2 Å². The number of hydrogen-bond acceptors (Lipinski definition) is 6. The first kappa shape index (κ1) is 19.3. The molecular formula is C17H14F3N3O2S2. The van der Waals surface area contributed by atoms with Gasteiger partial charge >= 0.3 is 6.18 Å². The number of anilines is 1. The summed E-state index contributed by atoms with van der Waals surface area (Å²) in [5, 5.41) is 8.60. The predicted molar refractivity (Wildman–Crippen MR) is 96.4 cm³/mol. The molecule has 0 aliphatic rings. The number of alkyl halides is 3. The Bertz CT molecular complexity index is 1030. The molecule has 142 valence electrons. The van der Waals surface area contributed by atoms with Crippen LogP contribution >= 0.6 is 11.3 Å². The first-order chi connectivity index (χ1) is 12.6. The Morgan fingerprint density at radius 2 is 1.67 bits per heavy atom. The van der Waals surface area contributed by atoms with E-state index < -0.39 is 27.1 Å². The molecule has 2 aromatic carbocycles. The molecule has 0 aliphatic heterocycles. The van der Waals surface area contributed by atoms with Crippen molar-refractivity contribution in [2.45, 2.75) is 17.1 Å². The zero-order valence-electron chi connectivity index (χ0n) is 13.9. The van der Waals surface area contributed by atoms with E-state index in [1.165, 1.54) is 12.1 Å². The fourth-order valence-corrected chi connectivity index (χ4v) is 3.76. The molecular weight excluding hydrogens is 399 g/mol. The van der Waals surface area contributed by atoms with Gasteiger partial charge in [-0.3, -0.25) is 0 Å². The second-order valence-electron chi connectivity index (χ2n) is 5.74. The molecule has 27 heavy (non-hydrogen) atoms. The number of hydrogen-bond donors (Lipinski definition) is 1. The number of sulfone groups is 1. The summed E-state index contributed by atoms with van der Waals surface area (Å²) in [5.41, 5.74) is 1.32. The summed E-state index contributed by atoms with van der Waals surface area (Å²) in [6.45, 7) is 0. The maximum atomic E-state index is 12.8. The Balaban J connectivity index is 2.02. The van der Waals surface area contributed by atoms with Gasteiger partial charge in [-0.05, 0) is 23.3 Å². The minimum atomic E-state index is -4.57. The van der Waals surface area contributed by atoms with Gasteiger partial charge in [-0.2, -0.15) is 13.2 Å². The van der Waals surface area contributed by atoms with E-state index in [1.807, 2.05) is 0 Å². The van der Waals surface area contributed by atoms with Crippen molar-refractivity contribution >= 4 is 26.3 Å². The lowest BCUT2D eigenvalue weighted by Crippen LogP contribution is -2.13. The largest absolute Gasteiger partial charge is 0.445 e. The van der Waals surface area contributed by atoms with Crippen LogP contribution in [0.4, 0.5) is 18.3 Å². The van der Waals surface area contributed by atoms with Crippen molar-refractivity contribution in [3.8, 4) is 0 Å². The highest BCUT2D eigenvalue weighted by atomic mass is 32.2. The van der Waals surface area contributed by atoms with Crippen molar-refractivity contribution in [2.24, 2.45) is 0 Å². The lowest BCUT2D eigenvalue weighted by Gasteiger charge is -2.19. The van der Waals surface area contributed by atoms with Crippen molar-refractivity contribution in [2.75, 3.05) is 11.6 Å². The topological polar surface area (TPSA) is 72.0 Å². The van der Waals surface area contributed by atoms with Crippen LogP contribution in [0.15, 0.2) is 59.5 Å². The first-order valence-corrected chi connectivity index (χ1v) is 10.4. The minimum absolute atomic E-state index is 0.0130. The standard InChI is InChI=1S/C17H14F3N3O2S2/c1-27(24,25)13-9-5-8-12(10-13)14(11-6-3-2-4-7-11)21-16-23-22-15(26-16)17(18,19)20/h2-10,14H,1H3,(H,21,23). The Morgan fingerprint density at radius 3 is 2.26 bits per heavy atom. The Kier molecular flexibility index (Phi) is 5.20. The van der Waals surface area contributed by atoms with Crippen LogP contribution in [0.5, 0.6) is 0 Å². The van der Waals surface area contributed by atoms with Crippen molar-refractivity contribution in [3.05, 3.63) is 70.7 Å². The number of nitrogens with one attached hydrogen (secondary N) is 1. The van der Waals surface area contributed by atoms with Gasteiger partial charge in [0.1, 0.15) is 0 Å². The summed E-state index contributed by atoms with van der Waals surface area (Å²) in [6, 6.07) is 14.6. The van der Waals surface area contributed by atoms with Gasteiger partial charge < -0.3 is 5.32 Å². The van der Waals surface area contributed by atoms with Crippen molar-refractivity contribution in [1.82, 2.24) is 10.2 Å². The third kappa shape index (κ3) is 4.64. The van der Waals surface area contributed by atoms with Crippen LogP contribution in [0.2, 0.25) is 0 Å². The smallest absolute Gasteiger partial charge is 0.349 e. The zero-order chi connectivity index (χ0) is 19.7. The molecule has 0 amide bonds. The van der Waals surface area contributed by atoms with Crippen LogP contribution in [-0.2, 0) is 16.0 Å². The average molecular weight is 413 g/mol. The van der Waals surface area contributed by atoms with E-state index in [0.29, 0.717) is 16.9 Å². The van der Waals surface area contributed by atoms with Gasteiger partial charge in [0.25, 0.3) is 0 Å². The highest BCUT2D eigenvalue weighted by molar-refractivity contribution is 7.90. The molecule has 0 spiro atoms. The predicted octanol–water partition coefficient (Wildman–Crippen LogP) is 4.16. The SMILES string of the molecule is CS(=O)(=O)c1cccc(C(Nc2nnc(C(F)(F)F)s2)c2ccccc2)c1. The molecule has 3 rings (SSSR count). The van der Waals surface area contributed by atoms with Gasteiger partial charge in [0.15, 0.2) is 9.84 Å². The maximum absolute atomic E-state index is 12.8. The third-order valence-corrected chi connectivity index (χ3v) is 5.70. The van der Waals surface area contributed by atoms with E-state index in [0.717, 1.165) is 11.8 Å². The van der Waals surface area contributed by atoms with E-state index in [1.54, 1.807) is 42.5 Å². The number of rotatable bonds is 5. The van der Waals surface area contributed by atoms with Crippen molar-refractivity contribution in [1.29, 1.82) is 0 Å². The van der Waals surface area contributed by atoms with Crippen LogP contribution in [-0.4, -0.2) is 24.9 Å². The molecule has 3 aromatic rings. The number of benzene rings is 2. The number of halogens is 3. The van der Waals surface area contributed by atoms with Gasteiger partial charge in [-0.25, -0.2) is 8.42 Å². The molecule has 0 saturated heterocycles. The van der Waals surface area contributed by atoms with Gasteiger partial charge in [0.2, 0.25) is 10.1 Å². The summed E-state index contributed by atoms with van der Waals surface area (Å²) in [6.07, 6.45) is -3.48. The van der Waals surface area contributed by atoms with Crippen LogP contribution in [0.1, 0.15) is 22.2 Å². The minimum Gasteiger partial charge on any atom is -0.349 e. The monoisotopic (exact) mass is 413 g/mol. The first-order valence-electron chi connectivity index (χ1n) is 7.67. The fourth-order valence-electron chi connectivity index (χ4n) is 2.45. The molecule has 1 atom stereocenters. The molecule has 1 N–H and O–H groups in total. The molecule has 0 fully saturated rings. The van der Waals surface area contributed by atoms with Crippen LogP contribution < -0.4 is 5.32 Å². The molecule has 1 heterocycles. The molecule has 0 aliphatic carbocycles. The highest BCUT2D eigenvalue weighted by Gasteiger charge is 2.36. The molecule has 5 nitrogen and oxygen atoms in total. The van der Waals surface area contributed by atoms with Gasteiger partial charge in [0.05, 0.1) is 10.9 Å². The number of aromatic nitrogens is 2. The lowest BCUT2D eigenvalue weighted by atomic mass is 9.99. The normalized spacial score (nSPS) is 13.3. The molecule has 1 aromatic heterocycles. The maximum Gasteiger partial charge on any atom is 0.445 e. The Morgan fingerprint density at radius 1 is 1.00 bits per heavy atom. The van der Waals surface area contributed by atoms with E-state index in [9.17, 15) is 21.6 Å². The van der Waals surface area contributed by atoms with Gasteiger partial charge in [0, 0.05) is 6.26 Å². The Labute approximate surface area is 157 Å². The van der Waals surface area contributed by atoms with E-state index >= 15 is 0 Å². The molecule has 0 bridgehead atoms. The fraction of sp³-hybridized carbons (Fsp3) is 0.176. The summed E-state index contributed by atoms with van der Waals surface area (Å²) in [4.78, 5) is 0.121. The second kappa shape index (κ2) is 7.28. The molecule has 10 heteroatoms. The average Bonchev–Trinajstić information content (AvgIpc) is 3.09. The summed E-state index contributed by atoms with van der Waals surface area (Å²) in [7, 11) is -3.43. The van der Waals surface area contributed by atoms with Crippen LogP contribution in [0.3, 0.4) is 0 Å². The summed E-state index contributed by atoms with van der Waals surface area (Å²) >= 11 is 0.391. The number of nitrogens with zero attached hydrogens (tertiary/aromatic N) is 2. The molecule has 1 unspecified atom stereocenters. The quantitative estimate of drug-likeness (QED) is 0.680. The summed E-state index contributed by atoms with van der Waals surface area (Å²) in [5.74, 6) is 0. The second-order valence-corrected chi connectivity index (χ2v) is 8.74. The third-order valence-electron chi connectivity index (χ3n) is 3.69. The highest BCUT2D eigenvalue weighted by Crippen LogP contribution is 2.35. The van der Waals surface area contributed by atoms with E-state index in [4.69, 9.17) is 0 Å². The molecule has 0 radical (unpaired) electrons. The van der Waals surface area contributed by atoms with E-state index in [-0.39, 0.29) is 10.0 Å². The van der Waals surface area contributed by atoms with E-state index in [2.05, 4.69) is 15.5 Å². The zero-order valence-corrected chi connectivity index (χ0v) is 15.6. The summed E-state index contributed by atoms with van der Waals surface area (Å²) < 4.78 is 62.0. The Hall–Kier alpha value is -2.46. The lowest BCUT2D eigenvalue weighted by molar-refractivity contribution is -0.138.